The lowest BCUT2D eigenvalue weighted by molar-refractivity contribution is -0.129. The Labute approximate surface area is 93.6 Å². The molecule has 4 nitrogen and oxygen atoms in total. The molecule has 0 aliphatic heterocycles. The molecule has 1 heterocycles. The van der Waals surface area contributed by atoms with Crippen LogP contribution in [0.3, 0.4) is 0 Å². The zero-order valence-corrected chi connectivity index (χ0v) is 9.88. The monoisotopic (exact) mass is 228 g/mol. The number of aliphatic hydroxyl groups excluding tert-OH is 1. The molecular weight excluding hydrogens is 212 g/mol. The van der Waals surface area contributed by atoms with Gasteiger partial charge in [-0.05, 0) is 6.42 Å². The van der Waals surface area contributed by atoms with Crippen LogP contribution in [0, 0.1) is 0 Å². The Kier molecular flexibility index (Phi) is 4.71. The maximum absolute atomic E-state index is 11.6. The normalized spacial score (nSPS) is 10.3. The first-order valence-corrected chi connectivity index (χ1v) is 5.83. The molecular formula is C10H16N2O2S. The molecule has 84 valence electrons. The average molecular weight is 228 g/mol. The summed E-state index contributed by atoms with van der Waals surface area (Å²) in [5.41, 5.74) is 0.826. The van der Waals surface area contributed by atoms with Gasteiger partial charge in [0.2, 0.25) is 5.91 Å². The van der Waals surface area contributed by atoms with Gasteiger partial charge < -0.3 is 10.0 Å². The van der Waals surface area contributed by atoms with Crippen molar-refractivity contribution in [1.82, 2.24) is 9.88 Å². The number of carbonyl (C=O) groups excluding carboxylic acids is 1. The van der Waals surface area contributed by atoms with Crippen molar-refractivity contribution in [2.45, 2.75) is 19.8 Å². The first-order valence-electron chi connectivity index (χ1n) is 4.95. The van der Waals surface area contributed by atoms with Crippen molar-refractivity contribution >= 4 is 17.2 Å². The maximum atomic E-state index is 11.6. The van der Waals surface area contributed by atoms with Gasteiger partial charge in [-0.3, -0.25) is 4.79 Å². The lowest BCUT2D eigenvalue weighted by atomic mass is 10.3. The molecule has 0 aromatic carbocycles. The van der Waals surface area contributed by atoms with E-state index in [9.17, 15) is 4.79 Å². The Hall–Kier alpha value is -0.940. The molecule has 0 saturated carbocycles. The fraction of sp³-hybridized carbons (Fsp3) is 0.600. The number of nitrogens with zero attached hydrogens (tertiary/aromatic N) is 2. The molecule has 1 N–H and O–H groups in total. The van der Waals surface area contributed by atoms with Gasteiger partial charge in [0, 0.05) is 19.0 Å². The predicted octanol–water partition coefficient (Wildman–Crippen LogP) is 0.699. The maximum Gasteiger partial charge on any atom is 0.228 e. The summed E-state index contributed by atoms with van der Waals surface area (Å²) >= 11 is 1.59. The van der Waals surface area contributed by atoms with Crippen LogP contribution in [0.2, 0.25) is 0 Å². The topological polar surface area (TPSA) is 53.4 Å². The smallest absolute Gasteiger partial charge is 0.228 e. The average Bonchev–Trinajstić information content (AvgIpc) is 2.66. The number of carbonyl (C=O) groups is 1. The van der Waals surface area contributed by atoms with E-state index in [-0.39, 0.29) is 12.5 Å². The van der Waals surface area contributed by atoms with Crippen LogP contribution in [-0.4, -0.2) is 41.1 Å². The lowest BCUT2D eigenvalue weighted by Crippen LogP contribution is -2.30. The second-order valence-electron chi connectivity index (χ2n) is 3.30. The number of amides is 1. The number of aromatic nitrogens is 1. The van der Waals surface area contributed by atoms with Gasteiger partial charge in [-0.15, -0.1) is 11.3 Å². The Morgan fingerprint density at radius 3 is 2.93 bits per heavy atom. The second kappa shape index (κ2) is 5.82. The van der Waals surface area contributed by atoms with Gasteiger partial charge in [-0.25, -0.2) is 4.98 Å². The van der Waals surface area contributed by atoms with Crippen molar-refractivity contribution in [3.05, 3.63) is 16.1 Å². The highest BCUT2D eigenvalue weighted by atomic mass is 32.1. The summed E-state index contributed by atoms with van der Waals surface area (Å²) in [6.07, 6.45) is 1.23. The molecule has 1 amide bonds. The highest BCUT2D eigenvalue weighted by molar-refractivity contribution is 7.09. The van der Waals surface area contributed by atoms with Crippen LogP contribution >= 0.6 is 11.3 Å². The van der Waals surface area contributed by atoms with Crippen LogP contribution in [0.1, 0.15) is 17.6 Å². The summed E-state index contributed by atoms with van der Waals surface area (Å²) < 4.78 is 0. The van der Waals surface area contributed by atoms with E-state index in [2.05, 4.69) is 4.98 Å². The number of rotatable bonds is 5. The molecule has 0 aliphatic carbocycles. The molecule has 0 saturated heterocycles. The molecule has 1 rings (SSSR count). The molecule has 0 radical (unpaired) electrons. The summed E-state index contributed by atoms with van der Waals surface area (Å²) in [7, 11) is 1.69. The van der Waals surface area contributed by atoms with Gasteiger partial charge in [-0.2, -0.15) is 0 Å². The van der Waals surface area contributed by atoms with Crippen molar-refractivity contribution in [2.24, 2.45) is 0 Å². The van der Waals surface area contributed by atoms with Crippen LogP contribution in [0.25, 0.3) is 0 Å². The standard InChI is InChI=1S/C10H16N2O2S/c1-3-9-11-8(7-15-9)6-10(14)12(2)4-5-13/h7,13H,3-6H2,1-2H3. The van der Waals surface area contributed by atoms with E-state index in [0.717, 1.165) is 17.1 Å². The summed E-state index contributed by atoms with van der Waals surface area (Å²) in [4.78, 5) is 17.4. The molecule has 0 atom stereocenters. The third-order valence-electron chi connectivity index (χ3n) is 2.10. The summed E-state index contributed by atoms with van der Waals surface area (Å²) in [5, 5.41) is 11.7. The lowest BCUT2D eigenvalue weighted by Gasteiger charge is -2.14. The fourth-order valence-electron chi connectivity index (χ4n) is 1.16. The second-order valence-corrected chi connectivity index (χ2v) is 4.24. The van der Waals surface area contributed by atoms with E-state index in [1.54, 1.807) is 18.4 Å². The molecule has 5 heteroatoms. The van der Waals surface area contributed by atoms with Gasteiger partial charge in [0.05, 0.1) is 23.7 Å². The Balaban J connectivity index is 2.50. The third-order valence-corrected chi connectivity index (χ3v) is 3.14. The van der Waals surface area contributed by atoms with Gasteiger partial charge >= 0.3 is 0 Å². The Bertz CT molecular complexity index is 325. The van der Waals surface area contributed by atoms with Crippen molar-refractivity contribution in [3.8, 4) is 0 Å². The van der Waals surface area contributed by atoms with Crippen LogP contribution in [0.5, 0.6) is 0 Å². The minimum absolute atomic E-state index is 0.000481. The number of hydrogen-bond acceptors (Lipinski definition) is 4. The van der Waals surface area contributed by atoms with Crippen LogP contribution in [0.4, 0.5) is 0 Å². The number of likely N-dealkylation sites (N-methyl/N-ethyl adjacent to an activating group) is 1. The first kappa shape index (κ1) is 12.1. The van der Waals surface area contributed by atoms with Gasteiger partial charge in [0.25, 0.3) is 0 Å². The minimum atomic E-state index is -0.00277. The summed E-state index contributed by atoms with van der Waals surface area (Å²) in [6.45, 7) is 2.42. The van der Waals surface area contributed by atoms with E-state index in [4.69, 9.17) is 5.11 Å². The fourth-order valence-corrected chi connectivity index (χ4v) is 1.90. The molecule has 0 fully saturated rings. The highest BCUT2D eigenvalue weighted by Gasteiger charge is 2.11. The van der Waals surface area contributed by atoms with E-state index in [1.165, 1.54) is 4.90 Å². The molecule has 0 spiro atoms. The highest BCUT2D eigenvalue weighted by Crippen LogP contribution is 2.11. The van der Waals surface area contributed by atoms with Crippen molar-refractivity contribution in [1.29, 1.82) is 0 Å². The zero-order chi connectivity index (χ0) is 11.3. The van der Waals surface area contributed by atoms with Crippen LogP contribution in [0.15, 0.2) is 5.38 Å². The number of thiazole rings is 1. The summed E-state index contributed by atoms with van der Waals surface area (Å²) in [5.74, 6) is -0.00277. The quantitative estimate of drug-likeness (QED) is 0.807. The summed E-state index contributed by atoms with van der Waals surface area (Å²) in [6, 6.07) is 0. The molecule has 1 aromatic heterocycles. The SMILES string of the molecule is CCc1nc(CC(=O)N(C)CCO)cs1. The zero-order valence-electron chi connectivity index (χ0n) is 9.06. The third kappa shape index (κ3) is 3.60. The van der Waals surface area contributed by atoms with Crippen molar-refractivity contribution in [3.63, 3.8) is 0 Å². The Morgan fingerprint density at radius 2 is 2.40 bits per heavy atom. The van der Waals surface area contributed by atoms with E-state index >= 15 is 0 Å². The van der Waals surface area contributed by atoms with E-state index in [1.807, 2.05) is 12.3 Å². The largest absolute Gasteiger partial charge is 0.395 e. The van der Waals surface area contributed by atoms with E-state index < -0.39 is 0 Å². The number of hydrogen-bond donors (Lipinski definition) is 1. The van der Waals surface area contributed by atoms with Crippen molar-refractivity contribution < 1.29 is 9.90 Å². The molecule has 15 heavy (non-hydrogen) atoms. The Morgan fingerprint density at radius 1 is 1.67 bits per heavy atom. The van der Waals surface area contributed by atoms with Crippen LogP contribution < -0.4 is 0 Å². The van der Waals surface area contributed by atoms with E-state index in [0.29, 0.717) is 13.0 Å². The number of aliphatic hydroxyl groups is 1. The molecule has 0 bridgehead atoms. The molecule has 1 aromatic rings. The van der Waals surface area contributed by atoms with Gasteiger partial charge in [0.1, 0.15) is 0 Å². The first-order chi connectivity index (χ1) is 7.17. The minimum Gasteiger partial charge on any atom is -0.395 e. The number of aryl methyl sites for hydroxylation is 1. The van der Waals surface area contributed by atoms with Gasteiger partial charge in [0.15, 0.2) is 0 Å². The van der Waals surface area contributed by atoms with Crippen LogP contribution in [-0.2, 0) is 17.6 Å². The molecule has 0 aliphatic rings. The molecule has 0 unspecified atom stereocenters. The van der Waals surface area contributed by atoms with Gasteiger partial charge in [-0.1, -0.05) is 6.92 Å². The van der Waals surface area contributed by atoms with Crippen molar-refractivity contribution in [2.75, 3.05) is 20.2 Å². The predicted molar refractivity (Wildman–Crippen MR) is 59.9 cm³/mol.